The lowest BCUT2D eigenvalue weighted by Crippen LogP contribution is -2.28. The van der Waals surface area contributed by atoms with Gasteiger partial charge >= 0.3 is 12.4 Å². The lowest BCUT2D eigenvalue weighted by atomic mass is 10.4. The molecule has 0 aliphatic carbocycles. The Bertz CT molecular complexity index is 174. The van der Waals surface area contributed by atoms with Gasteiger partial charge in [-0.05, 0) is 0 Å². The molecular formula is C4F7O-. The van der Waals surface area contributed by atoms with Gasteiger partial charge in [0.05, 0.1) is 0 Å². The van der Waals surface area contributed by atoms with E-state index in [4.69, 9.17) is 0 Å². The number of halogens is 7. The molecule has 0 radical (unpaired) electrons. The molecule has 0 fully saturated rings. The van der Waals surface area contributed by atoms with E-state index in [9.17, 15) is 35.8 Å². The van der Waals surface area contributed by atoms with Gasteiger partial charge in [0.15, 0.2) is 0 Å². The minimum atomic E-state index is -5.88. The number of alkyl halides is 6. The number of hydrogen-bond acceptors (Lipinski definition) is 1. The molecule has 12 heavy (non-hydrogen) atoms. The summed E-state index contributed by atoms with van der Waals surface area (Å²) in [5.41, 5.74) is 0. The molecule has 0 unspecified atom stereocenters. The highest BCUT2D eigenvalue weighted by atomic mass is 19.4. The van der Waals surface area contributed by atoms with Gasteiger partial charge in [0.25, 0.3) is 0 Å². The van der Waals surface area contributed by atoms with Crippen molar-refractivity contribution in [3.05, 3.63) is 11.6 Å². The maximum atomic E-state index is 11.5. The van der Waals surface area contributed by atoms with Crippen molar-refractivity contribution in [2.45, 2.75) is 12.4 Å². The molecule has 0 aromatic heterocycles. The van der Waals surface area contributed by atoms with Crippen LogP contribution in [0.4, 0.5) is 30.7 Å². The Hall–Kier alpha value is -0.950. The number of allylic oxidation sites excluding steroid dienone is 2. The van der Waals surface area contributed by atoms with Gasteiger partial charge in [-0.25, -0.2) is 4.39 Å². The summed E-state index contributed by atoms with van der Waals surface area (Å²) in [5, 5.41) is 9.55. The van der Waals surface area contributed by atoms with E-state index in [2.05, 4.69) is 0 Å². The molecule has 0 rings (SSSR count). The monoisotopic (exact) mass is 197 g/mol. The van der Waals surface area contributed by atoms with Gasteiger partial charge in [-0.3, -0.25) is 0 Å². The molecule has 0 aliphatic heterocycles. The quantitative estimate of drug-likeness (QED) is 0.427. The molecule has 0 bridgehead atoms. The van der Waals surface area contributed by atoms with Crippen LogP contribution in [0.3, 0.4) is 0 Å². The zero-order valence-corrected chi connectivity index (χ0v) is 5.05. The fourth-order valence-electron chi connectivity index (χ4n) is 0.253. The fraction of sp³-hybridized carbons (Fsp3) is 0.500. The summed E-state index contributed by atoms with van der Waals surface area (Å²) in [6, 6.07) is 0. The second-order valence-electron chi connectivity index (χ2n) is 1.64. The molecule has 0 saturated heterocycles. The minimum Gasteiger partial charge on any atom is -0.867 e. The maximum absolute atomic E-state index is 11.5. The highest BCUT2D eigenvalue weighted by Gasteiger charge is 2.41. The molecule has 0 aromatic rings. The molecule has 72 valence electrons. The first-order valence-corrected chi connectivity index (χ1v) is 2.28. The van der Waals surface area contributed by atoms with Crippen molar-refractivity contribution in [2.75, 3.05) is 0 Å². The first-order chi connectivity index (χ1) is 5.07. The third kappa shape index (κ3) is 2.59. The van der Waals surface area contributed by atoms with Crippen molar-refractivity contribution < 1.29 is 35.8 Å². The van der Waals surface area contributed by atoms with Crippen LogP contribution in [0.15, 0.2) is 11.6 Å². The summed E-state index contributed by atoms with van der Waals surface area (Å²) >= 11 is 0. The molecule has 0 atom stereocenters. The molecule has 0 aliphatic rings. The van der Waals surface area contributed by atoms with Crippen LogP contribution in [0, 0.1) is 0 Å². The smallest absolute Gasteiger partial charge is 0.442 e. The Balaban J connectivity index is 4.96. The molecule has 0 spiro atoms. The lowest BCUT2D eigenvalue weighted by molar-refractivity contribution is -0.367. The van der Waals surface area contributed by atoms with Gasteiger partial charge in [0.2, 0.25) is 5.83 Å². The summed E-state index contributed by atoms with van der Waals surface area (Å²) < 4.78 is 78.2. The average molecular weight is 197 g/mol. The highest BCUT2D eigenvalue weighted by Crippen LogP contribution is 2.33. The second kappa shape index (κ2) is 2.83. The van der Waals surface area contributed by atoms with Crippen LogP contribution < -0.4 is 5.11 Å². The van der Waals surface area contributed by atoms with Crippen LogP contribution in [-0.2, 0) is 0 Å². The van der Waals surface area contributed by atoms with Crippen LogP contribution >= 0.6 is 0 Å². The number of rotatable bonds is 0. The van der Waals surface area contributed by atoms with Gasteiger partial charge < -0.3 is 5.11 Å². The number of hydrogen-bond donors (Lipinski definition) is 0. The predicted octanol–water partition coefficient (Wildman–Crippen LogP) is 1.65. The van der Waals surface area contributed by atoms with Crippen LogP contribution in [0.1, 0.15) is 0 Å². The second-order valence-corrected chi connectivity index (χ2v) is 1.64. The van der Waals surface area contributed by atoms with Crippen molar-refractivity contribution in [3.63, 3.8) is 0 Å². The largest absolute Gasteiger partial charge is 0.867 e. The first-order valence-electron chi connectivity index (χ1n) is 2.28. The summed E-state index contributed by atoms with van der Waals surface area (Å²) in [6.45, 7) is 0. The van der Waals surface area contributed by atoms with Gasteiger partial charge in [0, 0.05) is 5.76 Å². The van der Waals surface area contributed by atoms with Crippen LogP contribution in [-0.4, -0.2) is 12.4 Å². The van der Waals surface area contributed by atoms with Gasteiger partial charge in [-0.2, -0.15) is 26.3 Å². The Morgan fingerprint density at radius 3 is 1.25 bits per heavy atom. The molecule has 0 heterocycles. The van der Waals surface area contributed by atoms with Crippen LogP contribution in [0.2, 0.25) is 0 Å². The molecule has 0 amide bonds. The van der Waals surface area contributed by atoms with E-state index < -0.39 is 23.9 Å². The molecule has 0 aromatic carbocycles. The Morgan fingerprint density at radius 2 is 1.17 bits per heavy atom. The standard InChI is InChI=1S/C4HF7O/c5-1(3(6,7)8)2(12)4(9,10)11/h12H/p-1/b2-1-. The van der Waals surface area contributed by atoms with Gasteiger partial charge in [0.1, 0.15) is 0 Å². The van der Waals surface area contributed by atoms with Crippen LogP contribution in [0.5, 0.6) is 0 Å². The molecule has 1 nitrogen and oxygen atoms in total. The van der Waals surface area contributed by atoms with Gasteiger partial charge in [-0.1, -0.05) is 0 Å². The molecule has 8 heteroatoms. The maximum Gasteiger partial charge on any atom is 0.442 e. The highest BCUT2D eigenvalue weighted by molar-refractivity contribution is 5.08. The summed E-state index contributed by atoms with van der Waals surface area (Å²) in [4.78, 5) is 0. The molecular weight excluding hydrogens is 197 g/mol. The third-order valence-corrected chi connectivity index (χ3v) is 0.706. The van der Waals surface area contributed by atoms with Crippen molar-refractivity contribution in [1.82, 2.24) is 0 Å². The van der Waals surface area contributed by atoms with E-state index in [1.165, 1.54) is 0 Å². The normalized spacial score (nSPS) is 15.9. The fourth-order valence-corrected chi connectivity index (χ4v) is 0.253. The van der Waals surface area contributed by atoms with Crippen molar-refractivity contribution >= 4 is 0 Å². The van der Waals surface area contributed by atoms with E-state index in [1.807, 2.05) is 0 Å². The zero-order chi connectivity index (χ0) is 10.2. The minimum absolute atomic E-state index is 3.52. The zero-order valence-electron chi connectivity index (χ0n) is 5.05. The van der Waals surface area contributed by atoms with Gasteiger partial charge in [-0.15, -0.1) is 0 Å². The van der Waals surface area contributed by atoms with E-state index in [0.29, 0.717) is 0 Å². The Labute approximate surface area is 61.1 Å². The topological polar surface area (TPSA) is 23.1 Å². The van der Waals surface area contributed by atoms with E-state index in [-0.39, 0.29) is 0 Å². The SMILES string of the molecule is [O-]/C(=C(\F)C(F)(F)F)C(F)(F)F. The predicted molar refractivity (Wildman–Crippen MR) is 20.2 cm³/mol. The van der Waals surface area contributed by atoms with E-state index >= 15 is 0 Å². The third-order valence-electron chi connectivity index (χ3n) is 0.706. The lowest BCUT2D eigenvalue weighted by Gasteiger charge is -2.17. The van der Waals surface area contributed by atoms with Crippen LogP contribution in [0.25, 0.3) is 0 Å². The van der Waals surface area contributed by atoms with E-state index in [0.717, 1.165) is 0 Å². The van der Waals surface area contributed by atoms with Crippen molar-refractivity contribution in [3.8, 4) is 0 Å². The van der Waals surface area contributed by atoms with Crippen molar-refractivity contribution in [2.24, 2.45) is 0 Å². The molecule has 0 N–H and O–H groups in total. The molecule has 0 saturated carbocycles. The Kier molecular flexibility index (Phi) is 2.61. The van der Waals surface area contributed by atoms with E-state index in [1.54, 1.807) is 0 Å². The Morgan fingerprint density at radius 1 is 0.833 bits per heavy atom. The summed E-state index contributed by atoms with van der Waals surface area (Å²) in [7, 11) is 0. The average Bonchev–Trinajstić information content (AvgIpc) is 1.80. The summed E-state index contributed by atoms with van der Waals surface area (Å²) in [5.74, 6) is -7.18. The summed E-state index contributed by atoms with van der Waals surface area (Å²) in [6.07, 6.45) is -11.7. The van der Waals surface area contributed by atoms with Crippen molar-refractivity contribution in [1.29, 1.82) is 0 Å². The first kappa shape index (κ1) is 11.0.